The lowest BCUT2D eigenvalue weighted by Gasteiger charge is -2.33. The number of nitrogens with zero attached hydrogens (tertiary/aromatic N) is 4. The highest BCUT2D eigenvalue weighted by Crippen LogP contribution is 2.25. The fourth-order valence-electron chi connectivity index (χ4n) is 3.26. The third-order valence-electron chi connectivity index (χ3n) is 4.46. The lowest BCUT2D eigenvalue weighted by molar-refractivity contribution is -0.139. The maximum Gasteiger partial charge on any atom is 0.242 e. The minimum absolute atomic E-state index is 0.0561. The van der Waals surface area contributed by atoms with Crippen LogP contribution in [0.2, 0.25) is 0 Å². The number of hydrogen-bond acceptors (Lipinski definition) is 4. The molecule has 6 heteroatoms. The number of hydrogen-bond donors (Lipinski definition) is 0. The zero-order chi connectivity index (χ0) is 15.5. The summed E-state index contributed by atoms with van der Waals surface area (Å²) in [5.74, 6) is 0.409. The van der Waals surface area contributed by atoms with E-state index in [1.807, 2.05) is 11.8 Å². The van der Waals surface area contributed by atoms with Crippen molar-refractivity contribution in [3.8, 4) is 0 Å². The summed E-state index contributed by atoms with van der Waals surface area (Å²) in [6, 6.07) is 0. The van der Waals surface area contributed by atoms with Crippen LogP contribution in [-0.4, -0.2) is 57.8 Å². The van der Waals surface area contributed by atoms with Crippen LogP contribution in [0.1, 0.15) is 43.0 Å². The van der Waals surface area contributed by atoms with E-state index in [-0.39, 0.29) is 24.3 Å². The van der Waals surface area contributed by atoms with E-state index < -0.39 is 0 Å². The van der Waals surface area contributed by atoms with E-state index >= 15 is 0 Å². The van der Waals surface area contributed by atoms with Gasteiger partial charge in [-0.05, 0) is 26.2 Å². The van der Waals surface area contributed by atoms with Crippen molar-refractivity contribution < 1.29 is 9.59 Å². The summed E-state index contributed by atoms with van der Waals surface area (Å²) in [7, 11) is 0. The van der Waals surface area contributed by atoms with Gasteiger partial charge in [-0.1, -0.05) is 0 Å². The summed E-state index contributed by atoms with van der Waals surface area (Å²) in [6.07, 6.45) is 7.00. The first-order valence-electron chi connectivity index (χ1n) is 7.97. The van der Waals surface area contributed by atoms with Crippen molar-refractivity contribution >= 4 is 11.8 Å². The predicted octanol–water partition coefficient (Wildman–Crippen LogP) is 1.11. The Kier molecular flexibility index (Phi) is 4.36. The SMILES string of the molecule is Cc1cncc([C@@H]2CCCN(C(=O)CN3CCCC3=O)C2)n1. The second-order valence-corrected chi connectivity index (χ2v) is 6.18. The van der Waals surface area contributed by atoms with E-state index in [2.05, 4.69) is 9.97 Å². The molecule has 1 aromatic rings. The lowest BCUT2D eigenvalue weighted by Crippen LogP contribution is -2.45. The van der Waals surface area contributed by atoms with Gasteiger partial charge in [0.15, 0.2) is 0 Å². The summed E-state index contributed by atoms with van der Waals surface area (Å²) >= 11 is 0. The molecule has 1 aromatic heterocycles. The number of piperidine rings is 1. The zero-order valence-corrected chi connectivity index (χ0v) is 13.0. The molecule has 2 aliphatic heterocycles. The minimum atomic E-state index is 0.0561. The Morgan fingerprint density at radius 3 is 2.91 bits per heavy atom. The molecule has 6 nitrogen and oxygen atoms in total. The minimum Gasteiger partial charge on any atom is -0.340 e. The van der Waals surface area contributed by atoms with Crippen LogP contribution in [0, 0.1) is 6.92 Å². The summed E-state index contributed by atoms with van der Waals surface area (Å²) in [4.78, 5) is 36.4. The first kappa shape index (κ1) is 14.9. The van der Waals surface area contributed by atoms with Gasteiger partial charge in [0.05, 0.1) is 17.9 Å². The molecule has 0 aromatic carbocycles. The van der Waals surface area contributed by atoms with Crippen molar-refractivity contribution in [1.82, 2.24) is 19.8 Å². The van der Waals surface area contributed by atoms with Gasteiger partial charge in [0, 0.05) is 44.4 Å². The van der Waals surface area contributed by atoms with Crippen molar-refractivity contribution in [3.63, 3.8) is 0 Å². The van der Waals surface area contributed by atoms with E-state index in [1.54, 1.807) is 17.3 Å². The van der Waals surface area contributed by atoms with E-state index in [1.165, 1.54) is 0 Å². The van der Waals surface area contributed by atoms with E-state index in [9.17, 15) is 9.59 Å². The molecule has 2 amide bonds. The molecule has 0 unspecified atom stereocenters. The Bertz CT molecular complexity index is 575. The van der Waals surface area contributed by atoms with Gasteiger partial charge < -0.3 is 9.80 Å². The number of rotatable bonds is 3. The first-order chi connectivity index (χ1) is 10.6. The second kappa shape index (κ2) is 6.42. The Morgan fingerprint density at radius 2 is 2.18 bits per heavy atom. The maximum atomic E-state index is 12.4. The highest BCUT2D eigenvalue weighted by molar-refractivity contribution is 5.86. The van der Waals surface area contributed by atoms with Gasteiger partial charge in [-0.25, -0.2) is 0 Å². The largest absolute Gasteiger partial charge is 0.340 e. The highest BCUT2D eigenvalue weighted by Gasteiger charge is 2.29. The quantitative estimate of drug-likeness (QED) is 0.839. The number of aromatic nitrogens is 2. The summed E-state index contributed by atoms with van der Waals surface area (Å²) < 4.78 is 0. The molecule has 0 N–H and O–H groups in total. The second-order valence-electron chi connectivity index (χ2n) is 6.18. The predicted molar refractivity (Wildman–Crippen MR) is 81.1 cm³/mol. The van der Waals surface area contributed by atoms with Crippen molar-refractivity contribution in [2.24, 2.45) is 0 Å². The Hall–Kier alpha value is -1.98. The van der Waals surface area contributed by atoms with Crippen molar-refractivity contribution in [2.45, 2.75) is 38.5 Å². The standard InChI is InChI=1S/C16H22N4O2/c1-12-8-17-9-14(18-12)13-4-2-6-19(10-13)16(22)11-20-7-3-5-15(20)21/h8-9,13H,2-7,10-11H2,1H3/t13-/m1/s1. The number of amides is 2. The molecule has 0 radical (unpaired) electrons. The molecule has 3 rings (SSSR count). The van der Waals surface area contributed by atoms with Gasteiger partial charge in [-0.15, -0.1) is 0 Å². The molecular weight excluding hydrogens is 280 g/mol. The first-order valence-corrected chi connectivity index (χ1v) is 7.97. The number of carbonyl (C=O) groups is 2. The molecule has 22 heavy (non-hydrogen) atoms. The lowest BCUT2D eigenvalue weighted by atomic mass is 9.95. The summed E-state index contributed by atoms with van der Waals surface area (Å²) in [5, 5.41) is 0. The highest BCUT2D eigenvalue weighted by atomic mass is 16.2. The van der Waals surface area contributed by atoms with Crippen molar-refractivity contribution in [2.75, 3.05) is 26.2 Å². The van der Waals surface area contributed by atoms with Gasteiger partial charge in [-0.3, -0.25) is 19.6 Å². The van der Waals surface area contributed by atoms with Crippen LogP contribution >= 0.6 is 0 Å². The topological polar surface area (TPSA) is 66.4 Å². The summed E-state index contributed by atoms with van der Waals surface area (Å²) in [5.41, 5.74) is 1.87. The van der Waals surface area contributed by atoms with Gasteiger partial charge in [0.1, 0.15) is 0 Å². The molecule has 0 bridgehead atoms. The van der Waals surface area contributed by atoms with Crippen LogP contribution in [0.3, 0.4) is 0 Å². The van der Waals surface area contributed by atoms with Gasteiger partial charge in [0.2, 0.25) is 11.8 Å². The van der Waals surface area contributed by atoms with E-state index in [0.29, 0.717) is 19.5 Å². The zero-order valence-electron chi connectivity index (χ0n) is 13.0. The molecule has 118 valence electrons. The van der Waals surface area contributed by atoms with Crippen molar-refractivity contribution in [3.05, 3.63) is 23.8 Å². The van der Waals surface area contributed by atoms with Crippen LogP contribution in [-0.2, 0) is 9.59 Å². The molecule has 3 heterocycles. The Morgan fingerprint density at radius 1 is 1.32 bits per heavy atom. The van der Waals surface area contributed by atoms with Crippen LogP contribution in [0.5, 0.6) is 0 Å². The van der Waals surface area contributed by atoms with Gasteiger partial charge in [-0.2, -0.15) is 0 Å². The Balaban J connectivity index is 1.62. The number of aryl methyl sites for hydroxylation is 1. The number of carbonyl (C=O) groups excluding carboxylic acids is 2. The third kappa shape index (κ3) is 3.26. The molecule has 2 aliphatic rings. The van der Waals surface area contributed by atoms with Crippen molar-refractivity contribution in [1.29, 1.82) is 0 Å². The fraction of sp³-hybridized carbons (Fsp3) is 0.625. The molecule has 2 saturated heterocycles. The van der Waals surface area contributed by atoms with Gasteiger partial charge >= 0.3 is 0 Å². The molecule has 0 saturated carbocycles. The third-order valence-corrected chi connectivity index (χ3v) is 4.46. The van der Waals surface area contributed by atoms with E-state index in [0.717, 1.165) is 37.2 Å². The normalized spacial score (nSPS) is 22.2. The van der Waals surface area contributed by atoms with Crippen LogP contribution in [0.4, 0.5) is 0 Å². The van der Waals surface area contributed by atoms with Crippen LogP contribution in [0.25, 0.3) is 0 Å². The molecule has 0 spiro atoms. The molecule has 2 fully saturated rings. The van der Waals surface area contributed by atoms with E-state index in [4.69, 9.17) is 0 Å². The van der Waals surface area contributed by atoms with Crippen LogP contribution < -0.4 is 0 Å². The van der Waals surface area contributed by atoms with Crippen LogP contribution in [0.15, 0.2) is 12.4 Å². The van der Waals surface area contributed by atoms with Gasteiger partial charge in [0.25, 0.3) is 0 Å². The number of likely N-dealkylation sites (tertiary alicyclic amines) is 2. The molecule has 0 aliphatic carbocycles. The average molecular weight is 302 g/mol. The summed E-state index contributed by atoms with van der Waals surface area (Å²) in [6.45, 7) is 4.33. The smallest absolute Gasteiger partial charge is 0.242 e. The average Bonchev–Trinajstić information content (AvgIpc) is 2.92. The maximum absolute atomic E-state index is 12.4. The molecular formula is C16H22N4O2. The Labute approximate surface area is 130 Å². The monoisotopic (exact) mass is 302 g/mol. The fourth-order valence-corrected chi connectivity index (χ4v) is 3.26. The molecule has 1 atom stereocenters.